The highest BCUT2D eigenvalue weighted by Gasteiger charge is 2.56. The lowest BCUT2D eigenvalue weighted by Gasteiger charge is -2.64. The largest absolute Gasteiger partial charge is 0.328 e. The van der Waals surface area contributed by atoms with E-state index in [1.54, 1.807) is 0 Å². The number of nitrogens with zero attached hydrogens (tertiary/aromatic N) is 3. The molecule has 1 atom stereocenters. The highest BCUT2D eigenvalue weighted by Crippen LogP contribution is 2.36. The average Bonchev–Trinajstić information content (AvgIpc) is 2.35. The lowest BCUT2D eigenvalue weighted by Crippen LogP contribution is -2.85. The SMILES string of the molecule is CCN1[SiH](C)N(C)[Si](C)(C)N(CC)[Si]1(CC)CC. The van der Waals surface area contributed by atoms with Crippen LogP contribution in [-0.4, -0.2) is 58.7 Å². The van der Waals surface area contributed by atoms with Gasteiger partial charge in [-0.15, -0.1) is 0 Å². The molecule has 1 aliphatic heterocycles. The van der Waals surface area contributed by atoms with Crippen molar-refractivity contribution in [3.8, 4) is 0 Å². The molecule has 0 amide bonds. The molecule has 0 saturated carbocycles. The minimum Gasteiger partial charge on any atom is -0.328 e. The Kier molecular flexibility index (Phi) is 5.42. The van der Waals surface area contributed by atoms with Crippen LogP contribution in [0.5, 0.6) is 0 Å². The minimum absolute atomic E-state index is 0.893. The van der Waals surface area contributed by atoms with Crippen molar-refractivity contribution in [2.24, 2.45) is 0 Å². The number of rotatable bonds is 4. The van der Waals surface area contributed by atoms with Gasteiger partial charge in [0.1, 0.15) is 0 Å². The molecule has 1 fully saturated rings. The third kappa shape index (κ3) is 2.20. The topological polar surface area (TPSA) is 9.72 Å². The Morgan fingerprint density at radius 3 is 1.78 bits per heavy atom. The standard InChI is InChI=1S/C12H33N3Si3/c1-9-14-16(6)13(5)17(7,8)15(10-2)18(14,11-3)12-4/h16H,9-12H2,1-8H3. The van der Waals surface area contributed by atoms with Crippen molar-refractivity contribution in [3.05, 3.63) is 0 Å². The molecular weight excluding hydrogens is 270 g/mol. The van der Waals surface area contributed by atoms with Gasteiger partial charge in [-0.25, -0.2) is 0 Å². The molecule has 1 unspecified atom stereocenters. The van der Waals surface area contributed by atoms with Gasteiger partial charge in [-0.05, 0) is 51.9 Å². The zero-order valence-corrected chi connectivity index (χ0v) is 16.9. The van der Waals surface area contributed by atoms with E-state index in [2.05, 4.69) is 67.1 Å². The lowest BCUT2D eigenvalue weighted by molar-refractivity contribution is 0.434. The fourth-order valence-corrected chi connectivity index (χ4v) is 26.0. The van der Waals surface area contributed by atoms with E-state index in [9.17, 15) is 0 Å². The van der Waals surface area contributed by atoms with E-state index in [4.69, 9.17) is 0 Å². The molecule has 18 heavy (non-hydrogen) atoms. The molecule has 1 aliphatic rings. The fraction of sp³-hybridized carbons (Fsp3) is 1.00. The zero-order valence-electron chi connectivity index (χ0n) is 13.7. The van der Waals surface area contributed by atoms with Gasteiger partial charge in [-0.3, -0.25) is 0 Å². The van der Waals surface area contributed by atoms with E-state index >= 15 is 0 Å². The summed E-state index contributed by atoms with van der Waals surface area (Å²) in [5.74, 6) is 0. The maximum atomic E-state index is 3.00. The van der Waals surface area contributed by atoms with Crippen LogP contribution < -0.4 is 0 Å². The maximum absolute atomic E-state index is 3.00. The molecule has 3 nitrogen and oxygen atoms in total. The summed E-state index contributed by atoms with van der Waals surface area (Å²) in [4.78, 5) is 0. The summed E-state index contributed by atoms with van der Waals surface area (Å²) in [6.07, 6.45) is 0. The monoisotopic (exact) mass is 303 g/mol. The third-order valence-electron chi connectivity index (χ3n) is 5.36. The van der Waals surface area contributed by atoms with E-state index < -0.39 is 25.9 Å². The molecule has 0 aromatic rings. The summed E-state index contributed by atoms with van der Waals surface area (Å²) < 4.78 is 8.79. The highest BCUT2D eigenvalue weighted by molar-refractivity contribution is 6.99. The van der Waals surface area contributed by atoms with Gasteiger partial charge in [0.15, 0.2) is 25.9 Å². The summed E-state index contributed by atoms with van der Waals surface area (Å²) in [5.41, 5.74) is 0. The van der Waals surface area contributed by atoms with Crippen LogP contribution in [0.2, 0.25) is 31.7 Å². The van der Waals surface area contributed by atoms with Crippen LogP contribution in [0.4, 0.5) is 0 Å². The Hall–Kier alpha value is 0.531. The molecule has 6 heteroatoms. The van der Waals surface area contributed by atoms with Crippen LogP contribution in [-0.2, 0) is 0 Å². The predicted octanol–water partition coefficient (Wildman–Crippen LogP) is 2.61. The van der Waals surface area contributed by atoms with Crippen molar-refractivity contribution in [3.63, 3.8) is 0 Å². The molecule has 0 aromatic heterocycles. The first-order valence-electron chi connectivity index (χ1n) is 7.60. The normalized spacial score (nSPS) is 29.7. The predicted molar refractivity (Wildman–Crippen MR) is 89.7 cm³/mol. The molecule has 0 aromatic carbocycles. The van der Waals surface area contributed by atoms with E-state index in [0.717, 1.165) is 0 Å². The lowest BCUT2D eigenvalue weighted by atomic mass is 10.8. The molecule has 0 spiro atoms. The Labute approximate surface area is 118 Å². The van der Waals surface area contributed by atoms with Crippen LogP contribution in [0.25, 0.3) is 0 Å². The van der Waals surface area contributed by atoms with Crippen molar-refractivity contribution in [2.45, 2.75) is 59.4 Å². The molecule has 0 N–H and O–H groups in total. The van der Waals surface area contributed by atoms with Crippen molar-refractivity contribution in [1.82, 2.24) is 12.7 Å². The Bertz CT molecular complexity index is 282. The summed E-state index contributed by atoms with van der Waals surface area (Å²) in [7, 11) is -1.25. The van der Waals surface area contributed by atoms with Crippen molar-refractivity contribution in [1.29, 1.82) is 0 Å². The maximum Gasteiger partial charge on any atom is 0.194 e. The van der Waals surface area contributed by atoms with Crippen LogP contribution in [0.3, 0.4) is 0 Å². The van der Waals surface area contributed by atoms with Gasteiger partial charge in [0.05, 0.1) is 0 Å². The van der Waals surface area contributed by atoms with E-state index in [-0.39, 0.29) is 0 Å². The average molecular weight is 304 g/mol. The fourth-order valence-electron chi connectivity index (χ4n) is 4.15. The van der Waals surface area contributed by atoms with Gasteiger partial charge >= 0.3 is 0 Å². The Balaban J connectivity index is 3.32. The van der Waals surface area contributed by atoms with Crippen LogP contribution >= 0.6 is 0 Å². The molecule has 1 heterocycles. The highest BCUT2D eigenvalue weighted by atomic mass is 28.5. The number of hydrogen-bond acceptors (Lipinski definition) is 3. The van der Waals surface area contributed by atoms with Gasteiger partial charge in [-0.1, -0.05) is 27.7 Å². The van der Waals surface area contributed by atoms with Gasteiger partial charge in [0.2, 0.25) is 0 Å². The van der Waals surface area contributed by atoms with Gasteiger partial charge in [0, 0.05) is 0 Å². The first-order valence-corrected chi connectivity index (χ1v) is 15.0. The van der Waals surface area contributed by atoms with Gasteiger partial charge < -0.3 is 12.7 Å². The summed E-state index contributed by atoms with van der Waals surface area (Å²) in [6.45, 7) is 19.8. The van der Waals surface area contributed by atoms with E-state index in [1.807, 2.05) is 0 Å². The summed E-state index contributed by atoms with van der Waals surface area (Å²) in [5, 5.41) is 0. The molecule has 0 radical (unpaired) electrons. The van der Waals surface area contributed by atoms with Crippen molar-refractivity contribution >= 4 is 25.9 Å². The first kappa shape index (κ1) is 16.6. The van der Waals surface area contributed by atoms with Gasteiger partial charge in [0.25, 0.3) is 0 Å². The van der Waals surface area contributed by atoms with E-state index in [1.165, 1.54) is 25.2 Å². The third-order valence-corrected chi connectivity index (χ3v) is 24.6. The molecule has 1 rings (SSSR count). The Morgan fingerprint density at radius 2 is 1.44 bits per heavy atom. The second-order valence-corrected chi connectivity index (χ2v) is 18.8. The van der Waals surface area contributed by atoms with Gasteiger partial charge in [-0.2, -0.15) is 0 Å². The number of hydrogen-bond donors (Lipinski definition) is 0. The van der Waals surface area contributed by atoms with Crippen LogP contribution in [0.1, 0.15) is 27.7 Å². The molecule has 1 saturated heterocycles. The summed E-state index contributed by atoms with van der Waals surface area (Å²) >= 11 is 0. The van der Waals surface area contributed by atoms with Crippen molar-refractivity contribution in [2.75, 3.05) is 20.1 Å². The molecule has 108 valence electrons. The quantitative estimate of drug-likeness (QED) is 0.739. The second kappa shape index (κ2) is 5.89. The molecule has 0 aliphatic carbocycles. The molecule has 0 bridgehead atoms. The second-order valence-electron chi connectivity index (χ2n) is 5.96. The van der Waals surface area contributed by atoms with Crippen molar-refractivity contribution < 1.29 is 0 Å². The van der Waals surface area contributed by atoms with E-state index in [0.29, 0.717) is 0 Å². The first-order chi connectivity index (χ1) is 8.33. The zero-order chi connectivity index (χ0) is 14.1. The summed E-state index contributed by atoms with van der Waals surface area (Å²) in [6, 6.07) is 2.79. The minimum atomic E-state index is -1.38. The van der Waals surface area contributed by atoms with Crippen LogP contribution in [0.15, 0.2) is 0 Å². The molecular formula is C12H33N3Si3. The smallest absolute Gasteiger partial charge is 0.194 e. The Morgan fingerprint density at radius 1 is 0.944 bits per heavy atom. The van der Waals surface area contributed by atoms with Crippen LogP contribution in [0, 0.1) is 0 Å².